The maximum Gasteiger partial charge on any atom is 0.261 e. The van der Waals surface area contributed by atoms with Gasteiger partial charge in [0.1, 0.15) is 11.8 Å². The molecule has 3 rings (SSSR count). The van der Waals surface area contributed by atoms with E-state index in [-0.39, 0.29) is 24.2 Å². The number of halogens is 1. The van der Waals surface area contributed by atoms with Crippen LogP contribution in [0.2, 0.25) is 0 Å². The molecule has 0 aliphatic carbocycles. The summed E-state index contributed by atoms with van der Waals surface area (Å²) in [6, 6.07) is 21.8. The molecule has 0 heterocycles. The van der Waals surface area contributed by atoms with E-state index in [9.17, 15) is 14.0 Å². The standard InChI is InChI=1S/C28H31FN2O4/c1-20(2)30-28(33)25(17-21-10-5-4-6-11-21)31(18-22-12-9-13-23(16-22)34-3)27(32)19-35-26-15-8-7-14-24(26)29/h4-16,20,25H,17-19H2,1-3H3,(H,30,33)/t25-/m0/s1. The number of amides is 2. The molecule has 35 heavy (non-hydrogen) atoms. The molecule has 184 valence electrons. The molecular formula is C28H31FN2O4. The Hall–Kier alpha value is -3.87. The minimum atomic E-state index is -0.803. The first-order valence-corrected chi connectivity index (χ1v) is 11.5. The van der Waals surface area contributed by atoms with E-state index < -0.39 is 24.4 Å². The van der Waals surface area contributed by atoms with Gasteiger partial charge in [-0.15, -0.1) is 0 Å². The summed E-state index contributed by atoms with van der Waals surface area (Å²) in [6.07, 6.45) is 0.314. The molecule has 0 bridgehead atoms. The fraction of sp³-hybridized carbons (Fsp3) is 0.286. The second kappa shape index (κ2) is 12.6. The average Bonchev–Trinajstić information content (AvgIpc) is 2.85. The van der Waals surface area contributed by atoms with Gasteiger partial charge >= 0.3 is 0 Å². The highest BCUT2D eigenvalue weighted by Gasteiger charge is 2.31. The van der Waals surface area contributed by atoms with Crippen LogP contribution in [0.25, 0.3) is 0 Å². The molecule has 3 aromatic carbocycles. The largest absolute Gasteiger partial charge is 0.497 e. The van der Waals surface area contributed by atoms with E-state index in [4.69, 9.17) is 9.47 Å². The van der Waals surface area contributed by atoms with Crippen molar-refractivity contribution in [3.8, 4) is 11.5 Å². The molecule has 1 N–H and O–H groups in total. The van der Waals surface area contributed by atoms with Crippen molar-refractivity contribution in [1.29, 1.82) is 0 Å². The number of rotatable bonds is 11. The van der Waals surface area contributed by atoms with Crippen molar-refractivity contribution >= 4 is 11.8 Å². The van der Waals surface area contributed by atoms with Crippen LogP contribution < -0.4 is 14.8 Å². The molecule has 0 saturated heterocycles. The molecular weight excluding hydrogens is 447 g/mol. The van der Waals surface area contributed by atoms with Crippen LogP contribution in [-0.2, 0) is 22.6 Å². The number of carbonyl (C=O) groups is 2. The summed E-state index contributed by atoms with van der Waals surface area (Å²) in [7, 11) is 1.57. The van der Waals surface area contributed by atoms with Gasteiger partial charge in [-0.05, 0) is 49.2 Å². The molecule has 0 spiro atoms. The number of hydrogen-bond acceptors (Lipinski definition) is 4. The third-order valence-electron chi connectivity index (χ3n) is 5.38. The molecule has 7 heteroatoms. The Bertz CT molecular complexity index is 1120. The normalized spacial score (nSPS) is 11.6. The van der Waals surface area contributed by atoms with Gasteiger partial charge in [0.15, 0.2) is 18.2 Å². The van der Waals surface area contributed by atoms with E-state index in [0.717, 1.165) is 11.1 Å². The molecule has 6 nitrogen and oxygen atoms in total. The highest BCUT2D eigenvalue weighted by Crippen LogP contribution is 2.20. The second-order valence-corrected chi connectivity index (χ2v) is 8.46. The van der Waals surface area contributed by atoms with E-state index in [0.29, 0.717) is 12.2 Å². The topological polar surface area (TPSA) is 67.9 Å². The number of methoxy groups -OCH3 is 1. The van der Waals surface area contributed by atoms with Crippen LogP contribution in [0, 0.1) is 5.82 Å². The highest BCUT2D eigenvalue weighted by atomic mass is 19.1. The molecule has 2 amide bonds. The van der Waals surface area contributed by atoms with Crippen molar-refractivity contribution in [3.05, 3.63) is 95.8 Å². The van der Waals surface area contributed by atoms with Crippen molar-refractivity contribution in [3.63, 3.8) is 0 Å². The molecule has 3 aromatic rings. The van der Waals surface area contributed by atoms with Crippen LogP contribution in [-0.4, -0.2) is 42.5 Å². The van der Waals surface area contributed by atoms with Gasteiger partial charge in [-0.2, -0.15) is 0 Å². The van der Waals surface area contributed by atoms with Crippen LogP contribution in [0.5, 0.6) is 11.5 Å². The Morgan fingerprint density at radius 1 is 0.943 bits per heavy atom. The molecule has 0 saturated carbocycles. The van der Waals surface area contributed by atoms with E-state index >= 15 is 0 Å². The minimum Gasteiger partial charge on any atom is -0.497 e. The maximum absolute atomic E-state index is 14.1. The van der Waals surface area contributed by atoms with Crippen molar-refractivity contribution in [2.75, 3.05) is 13.7 Å². The number of nitrogens with zero attached hydrogens (tertiary/aromatic N) is 1. The highest BCUT2D eigenvalue weighted by molar-refractivity contribution is 5.88. The predicted octanol–water partition coefficient (Wildman–Crippen LogP) is 4.38. The summed E-state index contributed by atoms with van der Waals surface area (Å²) in [5.74, 6) is -0.642. The summed E-state index contributed by atoms with van der Waals surface area (Å²) in [6.45, 7) is 3.48. The van der Waals surface area contributed by atoms with E-state index in [1.54, 1.807) is 19.2 Å². The molecule has 0 aliphatic heterocycles. The monoisotopic (exact) mass is 478 g/mol. The number of ether oxygens (including phenoxy) is 2. The Balaban J connectivity index is 1.93. The Kier molecular flexibility index (Phi) is 9.23. The number of benzene rings is 3. The third-order valence-corrected chi connectivity index (χ3v) is 5.38. The lowest BCUT2D eigenvalue weighted by Crippen LogP contribution is -2.52. The van der Waals surface area contributed by atoms with Crippen LogP contribution >= 0.6 is 0 Å². The molecule has 0 radical (unpaired) electrons. The Morgan fingerprint density at radius 3 is 2.31 bits per heavy atom. The zero-order valence-electron chi connectivity index (χ0n) is 20.2. The van der Waals surface area contributed by atoms with Gasteiger partial charge in [0.25, 0.3) is 5.91 Å². The number of para-hydroxylation sites is 1. The van der Waals surface area contributed by atoms with Crippen LogP contribution in [0.3, 0.4) is 0 Å². The number of nitrogens with one attached hydrogen (secondary N) is 1. The van der Waals surface area contributed by atoms with Crippen molar-refractivity contribution in [1.82, 2.24) is 10.2 Å². The van der Waals surface area contributed by atoms with Crippen LogP contribution in [0.4, 0.5) is 4.39 Å². The zero-order valence-corrected chi connectivity index (χ0v) is 20.2. The lowest BCUT2D eigenvalue weighted by Gasteiger charge is -2.32. The molecule has 1 atom stereocenters. The molecule has 0 fully saturated rings. The van der Waals surface area contributed by atoms with Gasteiger partial charge in [0.05, 0.1) is 7.11 Å². The van der Waals surface area contributed by atoms with E-state index in [2.05, 4.69) is 5.32 Å². The Labute approximate surface area is 205 Å². The van der Waals surface area contributed by atoms with Crippen molar-refractivity contribution in [2.24, 2.45) is 0 Å². The summed E-state index contributed by atoms with van der Waals surface area (Å²) < 4.78 is 24.9. The zero-order chi connectivity index (χ0) is 25.2. The SMILES string of the molecule is COc1cccc(CN(C(=O)COc2ccccc2F)[C@@H](Cc2ccccc2)C(=O)NC(C)C)c1. The smallest absolute Gasteiger partial charge is 0.261 e. The van der Waals surface area contributed by atoms with Gasteiger partial charge in [-0.3, -0.25) is 9.59 Å². The van der Waals surface area contributed by atoms with E-state index in [1.165, 1.54) is 17.0 Å². The summed E-state index contributed by atoms with van der Waals surface area (Å²) >= 11 is 0. The fourth-order valence-corrected chi connectivity index (χ4v) is 3.69. The summed E-state index contributed by atoms with van der Waals surface area (Å²) in [4.78, 5) is 28.3. The Morgan fingerprint density at radius 2 is 1.63 bits per heavy atom. The van der Waals surface area contributed by atoms with Crippen LogP contribution in [0.15, 0.2) is 78.9 Å². The van der Waals surface area contributed by atoms with Crippen molar-refractivity contribution < 1.29 is 23.5 Å². The molecule has 0 aliphatic rings. The first-order chi connectivity index (χ1) is 16.9. The van der Waals surface area contributed by atoms with E-state index in [1.807, 2.05) is 68.4 Å². The van der Waals surface area contributed by atoms with Gasteiger partial charge < -0.3 is 19.7 Å². The molecule has 0 aromatic heterocycles. The number of hydrogen-bond donors (Lipinski definition) is 1. The first-order valence-electron chi connectivity index (χ1n) is 11.5. The van der Waals surface area contributed by atoms with Crippen LogP contribution in [0.1, 0.15) is 25.0 Å². The van der Waals surface area contributed by atoms with Gasteiger partial charge in [-0.25, -0.2) is 4.39 Å². The lowest BCUT2D eigenvalue weighted by atomic mass is 10.0. The third kappa shape index (κ3) is 7.57. The second-order valence-electron chi connectivity index (χ2n) is 8.46. The van der Waals surface area contributed by atoms with Crippen molar-refractivity contribution in [2.45, 2.75) is 38.9 Å². The average molecular weight is 479 g/mol. The lowest BCUT2D eigenvalue weighted by molar-refractivity contribution is -0.143. The fourth-order valence-electron chi connectivity index (χ4n) is 3.69. The van der Waals surface area contributed by atoms with Gasteiger partial charge in [0.2, 0.25) is 5.91 Å². The molecule has 0 unspecified atom stereocenters. The summed E-state index contributed by atoms with van der Waals surface area (Å²) in [5, 5.41) is 2.93. The summed E-state index contributed by atoms with van der Waals surface area (Å²) in [5.41, 5.74) is 1.70. The first kappa shape index (κ1) is 25.7. The quantitative estimate of drug-likeness (QED) is 0.444. The number of carbonyl (C=O) groups excluding carboxylic acids is 2. The maximum atomic E-state index is 14.1. The minimum absolute atomic E-state index is 0.0200. The predicted molar refractivity (Wildman–Crippen MR) is 133 cm³/mol. The van der Waals surface area contributed by atoms with Gasteiger partial charge in [0, 0.05) is 19.0 Å². The van der Waals surface area contributed by atoms with Gasteiger partial charge in [-0.1, -0.05) is 54.6 Å².